The molecule has 0 spiro atoms. The predicted molar refractivity (Wildman–Crippen MR) is 131 cm³/mol. The molecule has 1 saturated heterocycles. The monoisotopic (exact) mass is 432 g/mol. The second kappa shape index (κ2) is 9.04. The first-order chi connectivity index (χ1) is 15.3. The predicted octanol–water partition coefficient (Wildman–Crippen LogP) is 4.53. The van der Waals surface area contributed by atoms with Gasteiger partial charge in [0, 0.05) is 43.6 Å². The number of aryl methyl sites for hydroxylation is 1. The number of nitrogens with one attached hydrogen (secondary N) is 3. The third-order valence-corrected chi connectivity index (χ3v) is 5.79. The van der Waals surface area contributed by atoms with E-state index < -0.39 is 0 Å². The molecule has 2 heterocycles. The van der Waals surface area contributed by atoms with Crippen molar-refractivity contribution in [2.24, 2.45) is 0 Å². The van der Waals surface area contributed by atoms with Gasteiger partial charge in [-0.05, 0) is 53.8 Å². The second-order valence-corrected chi connectivity index (χ2v) is 9.24. The average Bonchev–Trinajstić information content (AvgIpc) is 3.22. The van der Waals surface area contributed by atoms with Crippen LogP contribution < -0.4 is 20.9 Å². The minimum absolute atomic E-state index is 0.0252. The van der Waals surface area contributed by atoms with Crippen LogP contribution in [-0.4, -0.2) is 42.0 Å². The van der Waals surface area contributed by atoms with Crippen molar-refractivity contribution in [2.45, 2.75) is 33.1 Å². The highest BCUT2D eigenvalue weighted by molar-refractivity contribution is 5.99. The molecular formula is C25H32N6O. The first-order valence-corrected chi connectivity index (χ1v) is 11.1. The SMILES string of the molecule is Cc1ccc(C(C)(C)C)cc1-n1nccc1NC(=O)Nc1ccc(N2CCNCC2)cc1. The van der Waals surface area contributed by atoms with Gasteiger partial charge in [-0.1, -0.05) is 32.9 Å². The quantitative estimate of drug-likeness (QED) is 0.566. The number of anilines is 3. The van der Waals surface area contributed by atoms with Crippen LogP contribution in [-0.2, 0) is 5.41 Å². The molecule has 0 saturated carbocycles. The average molecular weight is 433 g/mol. The van der Waals surface area contributed by atoms with Crippen molar-refractivity contribution in [3.63, 3.8) is 0 Å². The molecule has 0 radical (unpaired) electrons. The van der Waals surface area contributed by atoms with E-state index in [1.54, 1.807) is 16.9 Å². The number of piperazine rings is 1. The lowest BCUT2D eigenvalue weighted by Crippen LogP contribution is -2.43. The fraction of sp³-hybridized carbons (Fsp3) is 0.360. The smallest absolute Gasteiger partial charge is 0.324 e. The van der Waals surface area contributed by atoms with Crippen molar-refractivity contribution in [2.75, 3.05) is 41.7 Å². The Morgan fingerprint density at radius 3 is 2.41 bits per heavy atom. The molecular weight excluding hydrogens is 400 g/mol. The number of carbonyl (C=O) groups excluding carboxylic acids is 1. The van der Waals surface area contributed by atoms with Gasteiger partial charge in [-0.3, -0.25) is 5.32 Å². The molecule has 7 heteroatoms. The summed E-state index contributed by atoms with van der Waals surface area (Å²) in [6.45, 7) is 12.6. The van der Waals surface area contributed by atoms with Crippen LogP contribution in [0, 0.1) is 6.92 Å². The number of hydrogen-bond acceptors (Lipinski definition) is 4. The maximum absolute atomic E-state index is 12.7. The van der Waals surface area contributed by atoms with E-state index >= 15 is 0 Å². The van der Waals surface area contributed by atoms with Crippen molar-refractivity contribution < 1.29 is 4.79 Å². The molecule has 1 aliphatic rings. The summed E-state index contributed by atoms with van der Waals surface area (Å²) in [4.78, 5) is 15.0. The molecule has 0 aliphatic carbocycles. The summed E-state index contributed by atoms with van der Waals surface area (Å²) in [6, 6.07) is 15.9. The summed E-state index contributed by atoms with van der Waals surface area (Å²) >= 11 is 0. The molecule has 1 fully saturated rings. The maximum Gasteiger partial charge on any atom is 0.324 e. The van der Waals surface area contributed by atoms with E-state index in [1.807, 2.05) is 31.2 Å². The summed E-state index contributed by atoms with van der Waals surface area (Å²) in [7, 11) is 0. The largest absolute Gasteiger partial charge is 0.369 e. The Labute approximate surface area is 189 Å². The topological polar surface area (TPSA) is 74.2 Å². The molecule has 1 aliphatic heterocycles. The Kier molecular flexibility index (Phi) is 6.19. The summed E-state index contributed by atoms with van der Waals surface area (Å²) in [5.41, 5.74) is 5.21. The van der Waals surface area contributed by atoms with Gasteiger partial charge in [0.2, 0.25) is 0 Å². The molecule has 1 aromatic heterocycles. The highest BCUT2D eigenvalue weighted by Gasteiger charge is 2.17. The summed E-state index contributed by atoms with van der Waals surface area (Å²) in [5, 5.41) is 13.7. The number of benzene rings is 2. The summed E-state index contributed by atoms with van der Waals surface area (Å²) in [6.07, 6.45) is 1.70. The Bertz CT molecular complexity index is 1070. The maximum atomic E-state index is 12.7. The van der Waals surface area contributed by atoms with Crippen LogP contribution in [0.5, 0.6) is 0 Å². The van der Waals surface area contributed by atoms with Crippen molar-refractivity contribution in [1.29, 1.82) is 0 Å². The highest BCUT2D eigenvalue weighted by Crippen LogP contribution is 2.27. The van der Waals surface area contributed by atoms with Crippen LogP contribution in [0.25, 0.3) is 5.69 Å². The number of aromatic nitrogens is 2. The van der Waals surface area contributed by atoms with Crippen LogP contribution in [0.1, 0.15) is 31.9 Å². The van der Waals surface area contributed by atoms with Gasteiger partial charge >= 0.3 is 6.03 Å². The molecule has 3 N–H and O–H groups in total. The van der Waals surface area contributed by atoms with Crippen molar-refractivity contribution in [3.8, 4) is 5.69 Å². The van der Waals surface area contributed by atoms with Gasteiger partial charge in [0.15, 0.2) is 0 Å². The first-order valence-electron chi connectivity index (χ1n) is 11.1. The van der Waals surface area contributed by atoms with Gasteiger partial charge in [0.1, 0.15) is 5.82 Å². The Morgan fingerprint density at radius 2 is 1.72 bits per heavy atom. The summed E-state index contributed by atoms with van der Waals surface area (Å²) < 4.78 is 1.78. The van der Waals surface area contributed by atoms with E-state index in [9.17, 15) is 4.79 Å². The molecule has 3 aromatic rings. The highest BCUT2D eigenvalue weighted by atomic mass is 16.2. The Hall–Kier alpha value is -3.32. The van der Waals surface area contributed by atoms with E-state index in [-0.39, 0.29) is 11.4 Å². The van der Waals surface area contributed by atoms with Crippen LogP contribution in [0.15, 0.2) is 54.7 Å². The third-order valence-electron chi connectivity index (χ3n) is 5.79. The van der Waals surface area contributed by atoms with Gasteiger partial charge in [0.05, 0.1) is 11.9 Å². The molecule has 168 valence electrons. The number of rotatable bonds is 4. The second-order valence-electron chi connectivity index (χ2n) is 9.24. The zero-order chi connectivity index (χ0) is 22.7. The van der Waals surface area contributed by atoms with Crippen LogP contribution >= 0.6 is 0 Å². The lowest BCUT2D eigenvalue weighted by Gasteiger charge is -2.29. The normalized spacial score (nSPS) is 14.3. The molecule has 32 heavy (non-hydrogen) atoms. The first kappa shape index (κ1) is 21.9. The van der Waals surface area contributed by atoms with E-state index in [0.717, 1.165) is 43.1 Å². The van der Waals surface area contributed by atoms with Crippen LogP contribution in [0.4, 0.5) is 22.0 Å². The number of amides is 2. The fourth-order valence-corrected chi connectivity index (χ4v) is 3.85. The van der Waals surface area contributed by atoms with Crippen molar-refractivity contribution in [3.05, 3.63) is 65.9 Å². The molecule has 2 amide bonds. The zero-order valence-electron chi connectivity index (χ0n) is 19.3. The van der Waals surface area contributed by atoms with Crippen LogP contribution in [0.2, 0.25) is 0 Å². The fourth-order valence-electron chi connectivity index (χ4n) is 3.85. The van der Waals surface area contributed by atoms with E-state index in [0.29, 0.717) is 5.82 Å². The van der Waals surface area contributed by atoms with E-state index in [1.165, 1.54) is 11.3 Å². The molecule has 2 aromatic carbocycles. The summed E-state index contributed by atoms with van der Waals surface area (Å²) in [5.74, 6) is 0.620. The molecule has 4 rings (SSSR count). The van der Waals surface area contributed by atoms with Crippen molar-refractivity contribution in [1.82, 2.24) is 15.1 Å². The van der Waals surface area contributed by atoms with Crippen molar-refractivity contribution >= 4 is 23.2 Å². The number of carbonyl (C=O) groups is 1. The molecule has 0 unspecified atom stereocenters. The number of hydrogen-bond donors (Lipinski definition) is 3. The number of urea groups is 1. The van der Waals surface area contributed by atoms with Gasteiger partial charge < -0.3 is 15.5 Å². The van der Waals surface area contributed by atoms with Gasteiger partial charge in [-0.25, -0.2) is 9.48 Å². The number of nitrogens with zero attached hydrogens (tertiary/aromatic N) is 3. The Morgan fingerprint density at radius 1 is 1.00 bits per heavy atom. The van der Waals surface area contributed by atoms with E-state index in [2.05, 4.69) is 64.9 Å². The molecule has 0 atom stereocenters. The minimum Gasteiger partial charge on any atom is -0.369 e. The lowest BCUT2D eigenvalue weighted by molar-refractivity contribution is 0.262. The minimum atomic E-state index is -0.300. The zero-order valence-corrected chi connectivity index (χ0v) is 19.3. The van der Waals surface area contributed by atoms with Gasteiger partial charge in [0.25, 0.3) is 0 Å². The third kappa shape index (κ3) is 4.94. The molecule has 7 nitrogen and oxygen atoms in total. The van der Waals surface area contributed by atoms with Crippen LogP contribution in [0.3, 0.4) is 0 Å². The standard InChI is InChI=1S/C25H32N6O/c1-18-5-6-19(25(2,3)4)17-22(18)31-23(11-12-27-31)29-24(32)28-20-7-9-21(10-8-20)30-15-13-26-14-16-30/h5-12,17,26H,13-16H2,1-4H3,(H2,28,29,32). The lowest BCUT2D eigenvalue weighted by atomic mass is 9.86. The van der Waals surface area contributed by atoms with E-state index in [4.69, 9.17) is 0 Å². The molecule has 0 bridgehead atoms. The van der Waals surface area contributed by atoms with Gasteiger partial charge in [-0.2, -0.15) is 5.10 Å². The van der Waals surface area contributed by atoms with Gasteiger partial charge in [-0.15, -0.1) is 0 Å². The Balaban J connectivity index is 1.46.